The Hall–Kier alpha value is -1.83. The van der Waals surface area contributed by atoms with Crippen molar-refractivity contribution < 1.29 is 27.2 Å². The lowest BCUT2D eigenvalue weighted by atomic mass is 10.1. The van der Waals surface area contributed by atoms with Crippen LogP contribution in [0.3, 0.4) is 0 Å². The van der Waals surface area contributed by atoms with Gasteiger partial charge in [-0.25, -0.2) is 13.2 Å². The summed E-state index contributed by atoms with van der Waals surface area (Å²) >= 11 is 0. The first-order valence-electron chi connectivity index (χ1n) is 9.02. The van der Waals surface area contributed by atoms with Gasteiger partial charge in [0.05, 0.1) is 11.5 Å². The average Bonchev–Trinajstić information content (AvgIpc) is 3.27. The monoisotopic (exact) mass is 383 g/mol. The molecule has 8 heteroatoms. The number of carbonyl (C=O) groups is 2. The van der Waals surface area contributed by atoms with E-state index in [2.05, 4.69) is 0 Å². The molecule has 0 spiro atoms. The molecule has 2 fully saturated rings. The number of hydrogen-bond donors (Lipinski definition) is 0. The molecule has 1 aromatic rings. The Kier molecular flexibility index (Phi) is 5.41. The van der Waals surface area contributed by atoms with Crippen LogP contribution >= 0.6 is 0 Å². The van der Waals surface area contributed by atoms with Crippen molar-refractivity contribution in [2.24, 2.45) is 0 Å². The van der Waals surface area contributed by atoms with E-state index in [1.165, 1.54) is 0 Å². The van der Waals surface area contributed by atoms with Crippen molar-refractivity contribution in [2.45, 2.75) is 58.0 Å². The summed E-state index contributed by atoms with van der Waals surface area (Å²) in [4.78, 5) is 26.7. The second-order valence-electron chi connectivity index (χ2n) is 7.20. The highest BCUT2D eigenvalue weighted by Crippen LogP contribution is 2.29. The molecule has 0 unspecified atom stereocenters. The zero-order valence-electron chi connectivity index (χ0n) is 15.2. The van der Waals surface area contributed by atoms with E-state index in [1.807, 2.05) is 0 Å². The van der Waals surface area contributed by atoms with Crippen molar-refractivity contribution in [3.63, 3.8) is 0 Å². The largest absolute Gasteiger partial charge is 0.466 e. The third-order valence-electron chi connectivity index (χ3n) is 5.20. The molecule has 0 bridgehead atoms. The average molecular weight is 383 g/mol. The first-order valence-corrected chi connectivity index (χ1v) is 10.8. The Morgan fingerprint density at radius 2 is 1.88 bits per heavy atom. The number of amides is 1. The lowest BCUT2D eigenvalue weighted by Crippen LogP contribution is -2.48. The molecule has 2 aliphatic rings. The van der Waals surface area contributed by atoms with Crippen molar-refractivity contribution in [1.29, 1.82) is 0 Å². The predicted molar refractivity (Wildman–Crippen MR) is 94.6 cm³/mol. The highest BCUT2D eigenvalue weighted by Gasteiger charge is 2.39. The van der Waals surface area contributed by atoms with Gasteiger partial charge in [-0.05, 0) is 39.2 Å². The van der Waals surface area contributed by atoms with Crippen LogP contribution in [0.25, 0.3) is 0 Å². The van der Waals surface area contributed by atoms with E-state index in [4.69, 9.17) is 9.15 Å². The maximum absolute atomic E-state index is 12.8. The minimum atomic E-state index is -3.09. The molecule has 1 atom stereocenters. The Morgan fingerprint density at radius 3 is 2.42 bits per heavy atom. The Morgan fingerprint density at radius 1 is 1.19 bits per heavy atom. The summed E-state index contributed by atoms with van der Waals surface area (Å²) in [6, 6.07) is 1.31. The van der Waals surface area contributed by atoms with Crippen molar-refractivity contribution in [3.8, 4) is 0 Å². The first kappa shape index (κ1) is 18.9. The number of carbonyl (C=O) groups excluding carboxylic acids is 2. The lowest BCUT2D eigenvalue weighted by molar-refractivity contribution is -0.139. The van der Waals surface area contributed by atoms with Gasteiger partial charge in [0, 0.05) is 12.1 Å². The summed E-state index contributed by atoms with van der Waals surface area (Å²) in [7, 11) is -3.09. The smallest absolute Gasteiger partial charge is 0.342 e. The van der Waals surface area contributed by atoms with E-state index in [1.54, 1.807) is 24.8 Å². The number of sulfone groups is 1. The van der Waals surface area contributed by atoms with Gasteiger partial charge in [0.2, 0.25) is 0 Å². The second-order valence-corrected chi connectivity index (χ2v) is 9.43. The fraction of sp³-hybridized carbons (Fsp3) is 0.667. The molecular formula is C18H25NO6S. The molecule has 0 N–H and O–H groups in total. The zero-order valence-corrected chi connectivity index (χ0v) is 16.0. The minimum absolute atomic E-state index is 0.00319. The molecule has 1 saturated heterocycles. The van der Waals surface area contributed by atoms with Gasteiger partial charge in [-0.2, -0.15) is 0 Å². The summed E-state index contributed by atoms with van der Waals surface area (Å²) in [5.74, 6) is 0.257. The normalized spacial score (nSPS) is 22.5. The first-order chi connectivity index (χ1) is 12.3. The van der Waals surface area contributed by atoms with E-state index in [0.29, 0.717) is 23.5 Å². The van der Waals surface area contributed by atoms with Crippen LogP contribution in [0.4, 0.5) is 0 Å². The number of nitrogens with zero attached hydrogens (tertiary/aromatic N) is 1. The van der Waals surface area contributed by atoms with E-state index in [0.717, 1.165) is 25.7 Å². The van der Waals surface area contributed by atoms with E-state index in [9.17, 15) is 18.0 Å². The summed E-state index contributed by atoms with van der Waals surface area (Å²) in [5.41, 5.74) is 0.311. The van der Waals surface area contributed by atoms with Gasteiger partial charge in [0.25, 0.3) is 5.91 Å². The number of furan rings is 1. The molecule has 1 aliphatic carbocycles. The summed E-state index contributed by atoms with van der Waals surface area (Å²) < 4.78 is 34.2. The number of rotatable bonds is 5. The molecule has 26 heavy (non-hydrogen) atoms. The summed E-state index contributed by atoms with van der Waals surface area (Å²) in [5, 5.41) is 0. The van der Waals surface area contributed by atoms with Crippen LogP contribution in [-0.4, -0.2) is 55.4 Å². The number of ether oxygens (including phenoxy) is 1. The van der Waals surface area contributed by atoms with Crippen molar-refractivity contribution in [3.05, 3.63) is 23.2 Å². The molecule has 1 amide bonds. The number of esters is 1. The van der Waals surface area contributed by atoms with Gasteiger partial charge in [0.1, 0.15) is 17.1 Å². The van der Waals surface area contributed by atoms with Gasteiger partial charge < -0.3 is 14.1 Å². The lowest BCUT2D eigenvalue weighted by Gasteiger charge is -2.33. The zero-order chi connectivity index (χ0) is 18.9. The van der Waals surface area contributed by atoms with Crippen LogP contribution in [0.1, 0.15) is 54.0 Å². The topological polar surface area (TPSA) is 93.9 Å². The number of aryl methyl sites for hydroxylation is 2. The second kappa shape index (κ2) is 7.42. The van der Waals surface area contributed by atoms with Crippen LogP contribution in [-0.2, 0) is 19.4 Å². The van der Waals surface area contributed by atoms with Gasteiger partial charge in [0.15, 0.2) is 16.4 Å². The molecule has 144 valence electrons. The van der Waals surface area contributed by atoms with Crippen LogP contribution in [0.5, 0.6) is 0 Å². The summed E-state index contributed by atoms with van der Waals surface area (Å²) in [6.07, 6.45) is 4.26. The fourth-order valence-electron chi connectivity index (χ4n) is 4.00. The van der Waals surface area contributed by atoms with Crippen molar-refractivity contribution in [2.75, 3.05) is 18.1 Å². The highest BCUT2D eigenvalue weighted by molar-refractivity contribution is 7.91. The maximum Gasteiger partial charge on any atom is 0.342 e. The van der Waals surface area contributed by atoms with Crippen LogP contribution in [0, 0.1) is 13.8 Å². The van der Waals surface area contributed by atoms with Crippen LogP contribution in [0.15, 0.2) is 10.5 Å². The third kappa shape index (κ3) is 4.11. The van der Waals surface area contributed by atoms with Gasteiger partial charge >= 0.3 is 5.97 Å². The molecular weight excluding hydrogens is 358 g/mol. The summed E-state index contributed by atoms with van der Waals surface area (Å²) in [6.45, 7) is 3.02. The van der Waals surface area contributed by atoms with E-state index < -0.39 is 15.8 Å². The Balaban J connectivity index is 1.67. The molecule has 0 aromatic carbocycles. The minimum Gasteiger partial charge on any atom is -0.466 e. The number of hydrogen-bond acceptors (Lipinski definition) is 6. The van der Waals surface area contributed by atoms with Crippen LogP contribution < -0.4 is 0 Å². The highest BCUT2D eigenvalue weighted by atomic mass is 32.2. The molecule has 7 nitrogen and oxygen atoms in total. The molecule has 0 radical (unpaired) electrons. The Bertz CT molecular complexity index is 791. The van der Waals surface area contributed by atoms with Gasteiger partial charge in [-0.1, -0.05) is 12.8 Å². The molecule has 2 heterocycles. The SMILES string of the molecule is Cc1cc(C(=O)OCC(=O)N(C2CCCC2)[C@H]2CCS(=O)(=O)C2)c(C)o1. The van der Waals surface area contributed by atoms with E-state index in [-0.39, 0.29) is 36.1 Å². The molecule has 1 aromatic heterocycles. The Labute approximate surface area is 153 Å². The van der Waals surface area contributed by atoms with Crippen molar-refractivity contribution >= 4 is 21.7 Å². The maximum atomic E-state index is 12.8. The third-order valence-corrected chi connectivity index (χ3v) is 6.95. The van der Waals surface area contributed by atoms with Crippen molar-refractivity contribution in [1.82, 2.24) is 4.90 Å². The quantitative estimate of drug-likeness (QED) is 0.722. The van der Waals surface area contributed by atoms with Gasteiger partial charge in [-0.3, -0.25) is 4.79 Å². The standard InChI is InChI=1S/C18H25NO6S/c1-12-9-16(13(2)25-12)18(21)24-10-17(20)19(14-5-3-4-6-14)15-7-8-26(22,23)11-15/h9,14-15H,3-8,10-11H2,1-2H3/t15-/m0/s1. The van der Waals surface area contributed by atoms with Crippen LogP contribution in [0.2, 0.25) is 0 Å². The van der Waals surface area contributed by atoms with E-state index >= 15 is 0 Å². The fourth-order valence-corrected chi connectivity index (χ4v) is 5.71. The molecule has 3 rings (SSSR count). The molecule has 1 saturated carbocycles. The molecule has 1 aliphatic heterocycles. The van der Waals surface area contributed by atoms with Gasteiger partial charge in [-0.15, -0.1) is 0 Å². The predicted octanol–water partition coefficient (Wildman–Crippen LogP) is 2.01.